The van der Waals surface area contributed by atoms with Crippen LogP contribution in [0.5, 0.6) is 0 Å². The lowest BCUT2D eigenvalue weighted by Crippen LogP contribution is -2.45. The van der Waals surface area contributed by atoms with Crippen LogP contribution in [0.4, 0.5) is 5.69 Å². The van der Waals surface area contributed by atoms with Gasteiger partial charge in [0, 0.05) is 18.2 Å². The van der Waals surface area contributed by atoms with Gasteiger partial charge in [-0.25, -0.2) is 0 Å². The standard InChI is InChI=1S/C14H18N2OS/c17-14(15-11-5-7-18-8-6-11)13-9-10-3-1-2-4-12(10)16-13/h1-4,11,13,16H,5-9H2,(H,15,17). The van der Waals surface area contributed by atoms with Gasteiger partial charge in [-0.1, -0.05) is 18.2 Å². The number of anilines is 1. The molecule has 1 unspecified atom stereocenters. The summed E-state index contributed by atoms with van der Waals surface area (Å²) in [7, 11) is 0. The van der Waals surface area contributed by atoms with Gasteiger partial charge < -0.3 is 10.6 Å². The van der Waals surface area contributed by atoms with E-state index in [-0.39, 0.29) is 11.9 Å². The van der Waals surface area contributed by atoms with Gasteiger partial charge in [0.2, 0.25) is 5.91 Å². The summed E-state index contributed by atoms with van der Waals surface area (Å²) >= 11 is 1.98. The van der Waals surface area contributed by atoms with Crippen molar-refractivity contribution in [3.05, 3.63) is 29.8 Å². The number of para-hydroxylation sites is 1. The highest BCUT2D eigenvalue weighted by Crippen LogP contribution is 2.25. The van der Waals surface area contributed by atoms with Gasteiger partial charge in [0.25, 0.3) is 0 Å². The van der Waals surface area contributed by atoms with Crippen LogP contribution in [0.25, 0.3) is 0 Å². The van der Waals surface area contributed by atoms with Gasteiger partial charge >= 0.3 is 0 Å². The maximum Gasteiger partial charge on any atom is 0.243 e. The Labute approximate surface area is 112 Å². The Hall–Kier alpha value is -1.16. The Bertz CT molecular complexity index is 418. The predicted molar refractivity (Wildman–Crippen MR) is 76.0 cm³/mol. The summed E-state index contributed by atoms with van der Waals surface area (Å²) in [4.78, 5) is 12.2. The maximum absolute atomic E-state index is 12.2. The van der Waals surface area contributed by atoms with Crippen molar-refractivity contribution in [1.82, 2.24) is 5.32 Å². The molecule has 0 aromatic heterocycles. The lowest BCUT2D eigenvalue weighted by atomic mass is 10.1. The van der Waals surface area contributed by atoms with Crippen LogP contribution in [0.2, 0.25) is 0 Å². The highest BCUT2D eigenvalue weighted by atomic mass is 32.2. The van der Waals surface area contributed by atoms with Crippen molar-refractivity contribution in [3.63, 3.8) is 0 Å². The molecule has 1 atom stereocenters. The van der Waals surface area contributed by atoms with E-state index in [1.165, 1.54) is 17.1 Å². The quantitative estimate of drug-likeness (QED) is 0.857. The van der Waals surface area contributed by atoms with Crippen LogP contribution in [0.3, 0.4) is 0 Å². The maximum atomic E-state index is 12.2. The van der Waals surface area contributed by atoms with Gasteiger partial charge in [-0.05, 0) is 36.0 Å². The number of thioether (sulfide) groups is 1. The third-order valence-corrected chi connectivity index (χ3v) is 4.70. The molecule has 2 heterocycles. The third kappa shape index (κ3) is 2.48. The molecule has 0 saturated carbocycles. The van der Waals surface area contributed by atoms with E-state index in [2.05, 4.69) is 16.7 Å². The van der Waals surface area contributed by atoms with Crippen LogP contribution < -0.4 is 10.6 Å². The molecule has 0 spiro atoms. The zero-order valence-corrected chi connectivity index (χ0v) is 11.1. The number of hydrogen-bond donors (Lipinski definition) is 2. The third-order valence-electron chi connectivity index (χ3n) is 3.66. The first kappa shape index (κ1) is 11.9. The smallest absolute Gasteiger partial charge is 0.243 e. The molecular formula is C14H18N2OS. The summed E-state index contributed by atoms with van der Waals surface area (Å²) in [5.41, 5.74) is 2.36. The minimum absolute atomic E-state index is 0.0861. The largest absolute Gasteiger partial charge is 0.373 e. The van der Waals surface area contributed by atoms with E-state index in [4.69, 9.17) is 0 Å². The Kier molecular flexibility index (Phi) is 3.46. The molecule has 1 saturated heterocycles. The summed E-state index contributed by atoms with van der Waals surface area (Å²) in [5.74, 6) is 2.50. The van der Waals surface area contributed by atoms with Crippen LogP contribution in [0.15, 0.2) is 24.3 Å². The molecule has 96 valence electrons. The molecule has 3 nitrogen and oxygen atoms in total. The van der Waals surface area contributed by atoms with Gasteiger partial charge in [-0.2, -0.15) is 11.8 Å². The number of hydrogen-bond acceptors (Lipinski definition) is 3. The summed E-state index contributed by atoms with van der Waals surface area (Å²) in [6, 6.07) is 8.46. The van der Waals surface area contributed by atoms with E-state index in [0.717, 1.165) is 24.9 Å². The first-order valence-electron chi connectivity index (χ1n) is 6.55. The molecule has 1 amide bonds. The zero-order valence-electron chi connectivity index (χ0n) is 10.3. The van der Waals surface area contributed by atoms with Crippen molar-refractivity contribution >= 4 is 23.4 Å². The molecule has 1 aromatic carbocycles. The summed E-state index contributed by atoms with van der Waals surface area (Å²) in [6.45, 7) is 0. The van der Waals surface area contributed by atoms with Crippen LogP contribution in [-0.2, 0) is 11.2 Å². The highest BCUT2D eigenvalue weighted by Gasteiger charge is 2.28. The molecule has 2 aliphatic heterocycles. The van der Waals surface area contributed by atoms with Crippen molar-refractivity contribution < 1.29 is 4.79 Å². The summed E-state index contributed by atoms with van der Waals surface area (Å²) in [6.07, 6.45) is 3.02. The second-order valence-electron chi connectivity index (χ2n) is 4.95. The van der Waals surface area contributed by atoms with Gasteiger partial charge in [0.1, 0.15) is 6.04 Å². The molecular weight excluding hydrogens is 244 g/mol. The highest BCUT2D eigenvalue weighted by molar-refractivity contribution is 7.99. The van der Waals surface area contributed by atoms with Crippen LogP contribution in [0.1, 0.15) is 18.4 Å². The Balaban J connectivity index is 1.58. The number of carbonyl (C=O) groups excluding carboxylic acids is 1. The van der Waals surface area contributed by atoms with Crippen molar-refractivity contribution in [3.8, 4) is 0 Å². The number of benzene rings is 1. The number of rotatable bonds is 2. The summed E-state index contributed by atoms with van der Waals surface area (Å²) in [5, 5.41) is 6.49. The lowest BCUT2D eigenvalue weighted by Gasteiger charge is -2.24. The fraction of sp³-hybridized carbons (Fsp3) is 0.500. The zero-order chi connectivity index (χ0) is 12.4. The Morgan fingerprint density at radius 2 is 2.06 bits per heavy atom. The number of fused-ring (bicyclic) bond motifs is 1. The SMILES string of the molecule is O=C(NC1CCSCC1)C1Cc2ccccc2N1. The van der Waals surface area contributed by atoms with Gasteiger partial charge in [-0.15, -0.1) is 0 Å². The molecule has 18 heavy (non-hydrogen) atoms. The van der Waals surface area contributed by atoms with E-state index in [1.54, 1.807) is 0 Å². The molecule has 4 heteroatoms. The number of amides is 1. The molecule has 2 aliphatic rings. The van der Waals surface area contributed by atoms with E-state index >= 15 is 0 Å². The topological polar surface area (TPSA) is 41.1 Å². The van der Waals surface area contributed by atoms with E-state index in [1.807, 2.05) is 30.0 Å². The van der Waals surface area contributed by atoms with Crippen LogP contribution in [0, 0.1) is 0 Å². The number of nitrogens with one attached hydrogen (secondary N) is 2. The molecule has 0 radical (unpaired) electrons. The first-order chi connectivity index (χ1) is 8.83. The predicted octanol–water partition coefficient (Wildman–Crippen LogP) is 2.03. The first-order valence-corrected chi connectivity index (χ1v) is 7.71. The minimum Gasteiger partial charge on any atom is -0.373 e. The normalized spacial score (nSPS) is 23.2. The van der Waals surface area contributed by atoms with Crippen molar-refractivity contribution in [2.45, 2.75) is 31.3 Å². The monoisotopic (exact) mass is 262 g/mol. The average Bonchev–Trinajstić information content (AvgIpc) is 2.84. The average molecular weight is 262 g/mol. The van der Waals surface area contributed by atoms with Gasteiger partial charge in [0.15, 0.2) is 0 Å². The Morgan fingerprint density at radius 1 is 1.28 bits per heavy atom. The fourth-order valence-electron chi connectivity index (χ4n) is 2.60. The molecule has 0 bridgehead atoms. The van der Waals surface area contributed by atoms with Crippen LogP contribution >= 0.6 is 11.8 Å². The number of carbonyl (C=O) groups is 1. The van der Waals surface area contributed by atoms with Gasteiger partial charge in [0.05, 0.1) is 0 Å². The molecule has 0 aliphatic carbocycles. The summed E-state index contributed by atoms with van der Waals surface area (Å²) < 4.78 is 0. The van der Waals surface area contributed by atoms with E-state index < -0.39 is 0 Å². The van der Waals surface area contributed by atoms with E-state index in [9.17, 15) is 4.79 Å². The molecule has 1 aromatic rings. The molecule has 3 rings (SSSR count). The fourth-order valence-corrected chi connectivity index (χ4v) is 3.71. The lowest BCUT2D eigenvalue weighted by molar-refractivity contribution is -0.122. The van der Waals surface area contributed by atoms with Crippen LogP contribution in [-0.4, -0.2) is 29.5 Å². The minimum atomic E-state index is -0.0861. The van der Waals surface area contributed by atoms with Gasteiger partial charge in [-0.3, -0.25) is 4.79 Å². The second kappa shape index (κ2) is 5.22. The van der Waals surface area contributed by atoms with Crippen molar-refractivity contribution in [2.24, 2.45) is 0 Å². The second-order valence-corrected chi connectivity index (χ2v) is 6.18. The van der Waals surface area contributed by atoms with E-state index in [0.29, 0.717) is 6.04 Å². The molecule has 2 N–H and O–H groups in total. The van der Waals surface area contributed by atoms with Crippen molar-refractivity contribution in [2.75, 3.05) is 16.8 Å². The Morgan fingerprint density at radius 3 is 2.83 bits per heavy atom. The molecule has 1 fully saturated rings. The van der Waals surface area contributed by atoms with Crippen molar-refractivity contribution in [1.29, 1.82) is 0 Å².